The lowest BCUT2D eigenvalue weighted by Crippen LogP contribution is -2.02. The van der Waals surface area contributed by atoms with Gasteiger partial charge >= 0.3 is 0 Å². The smallest absolute Gasteiger partial charge is 0.121 e. The van der Waals surface area contributed by atoms with Gasteiger partial charge in [0, 0.05) is 10.2 Å². The summed E-state index contributed by atoms with van der Waals surface area (Å²) in [5.74, 6) is 0.360. The summed E-state index contributed by atoms with van der Waals surface area (Å²) < 4.78 is 1.53. The van der Waals surface area contributed by atoms with Gasteiger partial charge in [-0.25, -0.2) is 0 Å². The van der Waals surface area contributed by atoms with Crippen LogP contribution in [0, 0.1) is 16.0 Å². The molecule has 0 spiro atoms. The molecular formula is C11H13BrN2S. The fourth-order valence-electron chi connectivity index (χ4n) is 1.50. The van der Waals surface area contributed by atoms with E-state index in [-0.39, 0.29) is 0 Å². The van der Waals surface area contributed by atoms with Crippen molar-refractivity contribution < 1.29 is 0 Å². The van der Waals surface area contributed by atoms with Gasteiger partial charge in [0.15, 0.2) is 0 Å². The van der Waals surface area contributed by atoms with Crippen LogP contribution >= 0.6 is 28.1 Å². The molecule has 2 nitrogen and oxygen atoms in total. The third-order valence-corrected chi connectivity index (χ3v) is 3.53. The fourth-order valence-corrected chi connectivity index (χ4v) is 2.81. The quantitative estimate of drug-likeness (QED) is 0.832. The highest BCUT2D eigenvalue weighted by molar-refractivity contribution is 9.10. The second kappa shape index (κ2) is 4.91. The molecule has 0 bridgehead atoms. The van der Waals surface area contributed by atoms with Crippen LogP contribution < -0.4 is 0 Å². The van der Waals surface area contributed by atoms with Crippen molar-refractivity contribution in [2.24, 2.45) is 0 Å². The first-order valence-corrected chi connectivity index (χ1v) is 6.07. The Bertz CT molecular complexity index is 469. The SMILES string of the molecule is CCc1c(Br)c(C(C)C)[nH]c(=S)c1C#N. The minimum atomic E-state index is 0.360. The molecule has 0 radical (unpaired) electrons. The standard InChI is InChI=1S/C11H13BrN2S/c1-4-7-8(5-13)11(15)14-10(6(2)3)9(7)12/h6H,4H2,1-3H3,(H,14,15). The highest BCUT2D eigenvalue weighted by Gasteiger charge is 2.14. The highest BCUT2D eigenvalue weighted by Crippen LogP contribution is 2.29. The second-order valence-corrected chi connectivity index (χ2v) is 4.86. The number of hydrogen-bond donors (Lipinski definition) is 1. The summed E-state index contributed by atoms with van der Waals surface area (Å²) in [5.41, 5.74) is 2.66. The number of halogens is 1. The van der Waals surface area contributed by atoms with Crippen molar-refractivity contribution in [2.45, 2.75) is 33.1 Å². The Morgan fingerprint density at radius 1 is 1.53 bits per heavy atom. The molecule has 4 heteroatoms. The minimum absolute atomic E-state index is 0.360. The molecule has 15 heavy (non-hydrogen) atoms. The van der Waals surface area contributed by atoms with Gasteiger partial charge in [-0.2, -0.15) is 5.26 Å². The van der Waals surface area contributed by atoms with Gasteiger partial charge in [-0.1, -0.05) is 33.0 Å². The van der Waals surface area contributed by atoms with Crippen LogP contribution in [0.25, 0.3) is 0 Å². The number of nitrogens with one attached hydrogen (secondary N) is 1. The average Bonchev–Trinajstić information content (AvgIpc) is 2.19. The lowest BCUT2D eigenvalue weighted by molar-refractivity contribution is 0.805. The van der Waals surface area contributed by atoms with Crippen molar-refractivity contribution in [3.05, 3.63) is 25.9 Å². The second-order valence-electron chi connectivity index (χ2n) is 3.66. The number of pyridine rings is 1. The van der Waals surface area contributed by atoms with E-state index in [4.69, 9.17) is 17.5 Å². The summed E-state index contributed by atoms with van der Waals surface area (Å²) in [6.07, 6.45) is 0.807. The Balaban J connectivity index is 3.61. The Morgan fingerprint density at radius 2 is 2.13 bits per heavy atom. The minimum Gasteiger partial charge on any atom is -0.348 e. The first-order chi connectivity index (χ1) is 7.02. The normalized spacial score (nSPS) is 10.4. The maximum absolute atomic E-state index is 9.03. The van der Waals surface area contributed by atoms with Gasteiger partial charge in [-0.05, 0) is 33.8 Å². The third kappa shape index (κ3) is 2.30. The summed E-state index contributed by atoms with van der Waals surface area (Å²) >= 11 is 8.71. The molecule has 1 rings (SSSR count). The van der Waals surface area contributed by atoms with Crippen molar-refractivity contribution in [3.63, 3.8) is 0 Å². The van der Waals surface area contributed by atoms with Crippen LogP contribution in [0.4, 0.5) is 0 Å². The molecule has 0 atom stereocenters. The maximum Gasteiger partial charge on any atom is 0.121 e. The van der Waals surface area contributed by atoms with Crippen molar-refractivity contribution in [1.82, 2.24) is 4.98 Å². The summed E-state index contributed by atoms with van der Waals surface area (Å²) in [6, 6.07) is 2.16. The third-order valence-electron chi connectivity index (χ3n) is 2.32. The van der Waals surface area contributed by atoms with E-state index in [1.807, 2.05) is 6.92 Å². The van der Waals surface area contributed by atoms with Crippen molar-refractivity contribution >= 4 is 28.1 Å². The highest BCUT2D eigenvalue weighted by atomic mass is 79.9. The van der Waals surface area contributed by atoms with Crippen molar-refractivity contribution in [3.8, 4) is 6.07 Å². The predicted octanol–water partition coefficient (Wildman–Crippen LogP) is 4.06. The van der Waals surface area contributed by atoms with E-state index in [1.165, 1.54) is 0 Å². The Kier molecular flexibility index (Phi) is 4.06. The largest absolute Gasteiger partial charge is 0.348 e. The molecule has 0 fully saturated rings. The molecule has 1 aromatic rings. The number of rotatable bonds is 2. The maximum atomic E-state index is 9.03. The van der Waals surface area contributed by atoms with Crippen LogP contribution in [0.5, 0.6) is 0 Å². The zero-order valence-corrected chi connectivity index (χ0v) is 11.4. The average molecular weight is 285 g/mol. The Hall–Kier alpha value is -0.660. The van der Waals surface area contributed by atoms with Crippen LogP contribution in [0.1, 0.15) is 43.5 Å². The van der Waals surface area contributed by atoms with E-state index >= 15 is 0 Å². The summed E-state index contributed by atoms with van der Waals surface area (Å²) in [7, 11) is 0. The molecule has 1 aromatic heterocycles. The Labute approximate surface area is 103 Å². The van der Waals surface area contributed by atoms with Gasteiger partial charge in [0.1, 0.15) is 10.7 Å². The van der Waals surface area contributed by atoms with Crippen LogP contribution in [0.15, 0.2) is 4.47 Å². The molecule has 0 aliphatic rings. The number of hydrogen-bond acceptors (Lipinski definition) is 2. The van der Waals surface area contributed by atoms with E-state index in [9.17, 15) is 0 Å². The number of aromatic nitrogens is 1. The van der Waals surface area contributed by atoms with Gasteiger partial charge in [0.05, 0.1) is 5.56 Å². The van der Waals surface area contributed by atoms with Crippen molar-refractivity contribution in [1.29, 1.82) is 5.26 Å². The first-order valence-electron chi connectivity index (χ1n) is 4.87. The molecule has 0 aliphatic carbocycles. The van der Waals surface area contributed by atoms with E-state index < -0.39 is 0 Å². The zero-order chi connectivity index (χ0) is 11.6. The molecule has 0 saturated carbocycles. The van der Waals surface area contributed by atoms with E-state index in [0.717, 1.165) is 22.2 Å². The molecule has 0 aromatic carbocycles. The van der Waals surface area contributed by atoms with Gasteiger partial charge in [0.2, 0.25) is 0 Å². The zero-order valence-electron chi connectivity index (χ0n) is 9.02. The van der Waals surface area contributed by atoms with E-state index in [1.54, 1.807) is 0 Å². The number of nitriles is 1. The fraction of sp³-hybridized carbons (Fsp3) is 0.455. The van der Waals surface area contributed by atoms with Gasteiger partial charge in [-0.15, -0.1) is 0 Å². The first kappa shape index (κ1) is 12.4. The molecule has 0 amide bonds. The van der Waals surface area contributed by atoms with E-state index in [0.29, 0.717) is 16.1 Å². The van der Waals surface area contributed by atoms with Crippen LogP contribution in [-0.2, 0) is 6.42 Å². The van der Waals surface area contributed by atoms with Crippen LogP contribution in [0.3, 0.4) is 0 Å². The Morgan fingerprint density at radius 3 is 2.53 bits per heavy atom. The summed E-state index contributed by atoms with van der Waals surface area (Å²) in [6.45, 7) is 6.22. The molecular weight excluding hydrogens is 272 g/mol. The molecule has 0 saturated heterocycles. The van der Waals surface area contributed by atoms with Crippen LogP contribution in [-0.4, -0.2) is 4.98 Å². The van der Waals surface area contributed by atoms with Crippen molar-refractivity contribution in [2.75, 3.05) is 0 Å². The number of H-pyrrole nitrogens is 1. The lowest BCUT2D eigenvalue weighted by atomic mass is 10.0. The molecule has 0 unspecified atom stereocenters. The van der Waals surface area contributed by atoms with Gasteiger partial charge in [-0.3, -0.25) is 0 Å². The predicted molar refractivity (Wildman–Crippen MR) is 67.5 cm³/mol. The van der Waals surface area contributed by atoms with Gasteiger partial charge in [0.25, 0.3) is 0 Å². The topological polar surface area (TPSA) is 39.6 Å². The lowest BCUT2D eigenvalue weighted by Gasteiger charge is -2.13. The van der Waals surface area contributed by atoms with Gasteiger partial charge < -0.3 is 4.98 Å². The molecule has 1 N–H and O–H groups in total. The monoisotopic (exact) mass is 284 g/mol. The number of aromatic amines is 1. The summed E-state index contributed by atoms with van der Waals surface area (Å²) in [4.78, 5) is 3.11. The summed E-state index contributed by atoms with van der Waals surface area (Å²) in [5, 5.41) is 9.03. The van der Waals surface area contributed by atoms with E-state index in [2.05, 4.69) is 40.8 Å². The van der Waals surface area contributed by atoms with Crippen LogP contribution in [0.2, 0.25) is 0 Å². The molecule has 0 aliphatic heterocycles. The molecule has 1 heterocycles. The number of nitrogens with zero attached hydrogens (tertiary/aromatic N) is 1. The molecule has 80 valence electrons.